The zero-order valence-corrected chi connectivity index (χ0v) is 11.7. The summed E-state index contributed by atoms with van der Waals surface area (Å²) in [5, 5.41) is 9.53. The number of nitrogens with zero attached hydrogens (tertiary/aromatic N) is 1. The van der Waals surface area contributed by atoms with Crippen LogP contribution in [0.5, 0.6) is 0 Å². The molecular formula is C14H25NO3. The van der Waals surface area contributed by atoms with Crippen LogP contribution < -0.4 is 0 Å². The first kappa shape index (κ1) is 15.2. The van der Waals surface area contributed by atoms with Crippen molar-refractivity contribution in [2.75, 3.05) is 33.4 Å². The average Bonchev–Trinajstić information content (AvgIpc) is 2.36. The highest BCUT2D eigenvalue weighted by atomic mass is 16.5. The number of allylic oxidation sites excluding steroid dienone is 1. The van der Waals surface area contributed by atoms with E-state index in [-0.39, 0.29) is 0 Å². The topological polar surface area (TPSA) is 49.8 Å². The summed E-state index contributed by atoms with van der Waals surface area (Å²) in [4.78, 5) is 13.8. The van der Waals surface area contributed by atoms with Crippen molar-refractivity contribution in [3.05, 3.63) is 11.6 Å². The smallest absolute Gasteiger partial charge is 0.311 e. The van der Waals surface area contributed by atoms with Crippen LogP contribution in [-0.2, 0) is 9.53 Å². The zero-order valence-electron chi connectivity index (χ0n) is 11.7. The summed E-state index contributed by atoms with van der Waals surface area (Å²) in [5.41, 5.74) is 0.672. The normalized spacial score (nSPS) is 26.3. The van der Waals surface area contributed by atoms with Gasteiger partial charge in [-0.2, -0.15) is 0 Å². The lowest BCUT2D eigenvalue weighted by Gasteiger charge is -2.40. The van der Waals surface area contributed by atoms with E-state index < -0.39 is 11.4 Å². The number of carboxylic acids is 1. The van der Waals surface area contributed by atoms with Gasteiger partial charge in [0.15, 0.2) is 0 Å². The van der Waals surface area contributed by atoms with E-state index in [0.29, 0.717) is 19.6 Å². The first-order valence-corrected chi connectivity index (χ1v) is 6.60. The molecule has 0 spiro atoms. The van der Waals surface area contributed by atoms with Crippen molar-refractivity contribution in [1.29, 1.82) is 0 Å². The van der Waals surface area contributed by atoms with Crippen molar-refractivity contribution in [2.45, 2.75) is 33.1 Å². The number of carboxylic acid groups (broad SMARTS) is 1. The Labute approximate surface area is 110 Å². The number of likely N-dealkylation sites (tertiary alicyclic amines) is 1. The second-order valence-corrected chi connectivity index (χ2v) is 5.28. The summed E-state index contributed by atoms with van der Waals surface area (Å²) in [5.74, 6) is -0.678. The fourth-order valence-electron chi connectivity index (χ4n) is 2.59. The van der Waals surface area contributed by atoms with Crippen molar-refractivity contribution in [3.63, 3.8) is 0 Å². The molecule has 4 nitrogen and oxygen atoms in total. The highest BCUT2D eigenvalue weighted by Crippen LogP contribution is 2.34. The minimum Gasteiger partial charge on any atom is -0.481 e. The van der Waals surface area contributed by atoms with Gasteiger partial charge < -0.3 is 9.84 Å². The molecule has 18 heavy (non-hydrogen) atoms. The number of methoxy groups -OCH3 is 1. The molecule has 1 saturated heterocycles. The van der Waals surface area contributed by atoms with Crippen LogP contribution in [0.1, 0.15) is 33.1 Å². The van der Waals surface area contributed by atoms with E-state index in [4.69, 9.17) is 4.74 Å². The average molecular weight is 255 g/mol. The van der Waals surface area contributed by atoms with Gasteiger partial charge in [0.05, 0.1) is 5.41 Å². The molecule has 0 bridgehead atoms. The number of hydrogen-bond donors (Lipinski definition) is 1. The number of aliphatic carboxylic acids is 1. The second-order valence-electron chi connectivity index (χ2n) is 5.28. The maximum Gasteiger partial charge on any atom is 0.311 e. The fraction of sp³-hybridized carbons (Fsp3) is 0.786. The predicted molar refractivity (Wildman–Crippen MR) is 71.7 cm³/mol. The van der Waals surface area contributed by atoms with Crippen LogP contribution >= 0.6 is 0 Å². The molecule has 0 amide bonds. The summed E-state index contributed by atoms with van der Waals surface area (Å²) in [6.07, 6.45) is 4.40. The summed E-state index contributed by atoms with van der Waals surface area (Å²) in [7, 11) is 1.63. The van der Waals surface area contributed by atoms with Crippen molar-refractivity contribution in [3.8, 4) is 0 Å². The molecule has 1 fully saturated rings. The molecule has 1 atom stereocenters. The van der Waals surface area contributed by atoms with E-state index in [1.165, 1.54) is 5.57 Å². The van der Waals surface area contributed by atoms with Gasteiger partial charge in [0.1, 0.15) is 0 Å². The molecule has 0 aliphatic carbocycles. The van der Waals surface area contributed by atoms with Crippen LogP contribution in [0.3, 0.4) is 0 Å². The Morgan fingerprint density at radius 2 is 2.28 bits per heavy atom. The van der Waals surface area contributed by atoms with E-state index in [1.807, 2.05) is 6.92 Å². The Morgan fingerprint density at radius 3 is 2.83 bits per heavy atom. The molecule has 1 unspecified atom stereocenters. The predicted octanol–water partition coefficient (Wildman–Crippen LogP) is 2.16. The molecule has 1 aliphatic heterocycles. The highest BCUT2D eigenvalue weighted by Gasteiger charge is 2.41. The van der Waals surface area contributed by atoms with Gasteiger partial charge in [-0.1, -0.05) is 11.6 Å². The van der Waals surface area contributed by atoms with Crippen molar-refractivity contribution >= 4 is 5.97 Å². The Kier molecular flexibility index (Phi) is 5.82. The van der Waals surface area contributed by atoms with Crippen LogP contribution in [0.4, 0.5) is 0 Å². The van der Waals surface area contributed by atoms with Gasteiger partial charge in [0.2, 0.25) is 0 Å². The van der Waals surface area contributed by atoms with Gasteiger partial charge >= 0.3 is 5.97 Å². The lowest BCUT2D eigenvalue weighted by atomic mass is 9.77. The minimum absolute atomic E-state index is 0.517. The molecular weight excluding hydrogens is 230 g/mol. The van der Waals surface area contributed by atoms with E-state index in [2.05, 4.69) is 17.9 Å². The Bertz CT molecular complexity index is 314. The number of hydrogen-bond acceptors (Lipinski definition) is 3. The fourth-order valence-corrected chi connectivity index (χ4v) is 2.59. The van der Waals surface area contributed by atoms with Gasteiger partial charge in [0, 0.05) is 26.8 Å². The monoisotopic (exact) mass is 255 g/mol. The molecule has 1 aliphatic rings. The van der Waals surface area contributed by atoms with Crippen LogP contribution in [0.15, 0.2) is 11.6 Å². The van der Waals surface area contributed by atoms with Crippen molar-refractivity contribution in [2.24, 2.45) is 5.41 Å². The SMILES string of the molecule is C/C=C(\C)CN1CCCC(CCOC)(C(=O)O)C1. The van der Waals surface area contributed by atoms with Crippen LogP contribution in [0.25, 0.3) is 0 Å². The Hall–Kier alpha value is -0.870. The van der Waals surface area contributed by atoms with Gasteiger partial charge in [-0.15, -0.1) is 0 Å². The maximum atomic E-state index is 11.6. The van der Waals surface area contributed by atoms with E-state index in [1.54, 1.807) is 7.11 Å². The molecule has 0 aromatic rings. The van der Waals surface area contributed by atoms with Gasteiger partial charge in [-0.25, -0.2) is 0 Å². The van der Waals surface area contributed by atoms with Crippen LogP contribution in [-0.4, -0.2) is 49.3 Å². The third kappa shape index (κ3) is 3.82. The van der Waals surface area contributed by atoms with Crippen LogP contribution in [0, 0.1) is 5.41 Å². The van der Waals surface area contributed by atoms with Crippen molar-refractivity contribution < 1.29 is 14.6 Å². The van der Waals surface area contributed by atoms with E-state index in [0.717, 1.165) is 25.9 Å². The van der Waals surface area contributed by atoms with Gasteiger partial charge in [0.25, 0.3) is 0 Å². The molecule has 4 heteroatoms. The lowest BCUT2D eigenvalue weighted by molar-refractivity contribution is -0.154. The zero-order chi connectivity index (χ0) is 13.6. The van der Waals surface area contributed by atoms with E-state index >= 15 is 0 Å². The molecule has 1 N–H and O–H groups in total. The number of carbonyl (C=O) groups is 1. The molecule has 0 aromatic carbocycles. The first-order chi connectivity index (χ1) is 8.54. The van der Waals surface area contributed by atoms with Gasteiger partial charge in [-0.3, -0.25) is 9.69 Å². The number of ether oxygens (including phenoxy) is 1. The largest absolute Gasteiger partial charge is 0.481 e. The number of rotatable bonds is 6. The maximum absolute atomic E-state index is 11.6. The summed E-state index contributed by atoms with van der Waals surface area (Å²) in [6.45, 7) is 7.13. The van der Waals surface area contributed by atoms with E-state index in [9.17, 15) is 9.90 Å². The third-order valence-corrected chi connectivity index (χ3v) is 3.86. The first-order valence-electron chi connectivity index (χ1n) is 6.60. The minimum atomic E-state index is -0.678. The summed E-state index contributed by atoms with van der Waals surface area (Å²) < 4.78 is 5.06. The highest BCUT2D eigenvalue weighted by molar-refractivity contribution is 5.75. The molecule has 0 saturated carbocycles. The summed E-state index contributed by atoms with van der Waals surface area (Å²) in [6, 6.07) is 0. The molecule has 1 heterocycles. The van der Waals surface area contributed by atoms with Gasteiger partial charge in [-0.05, 0) is 39.7 Å². The summed E-state index contributed by atoms with van der Waals surface area (Å²) >= 11 is 0. The molecule has 0 aromatic heterocycles. The molecule has 1 rings (SSSR count). The van der Waals surface area contributed by atoms with Crippen LogP contribution in [0.2, 0.25) is 0 Å². The standard InChI is InChI=1S/C14H25NO3/c1-4-12(2)10-15-8-5-6-14(11-15,13(16)17)7-9-18-3/h4H,5-11H2,1-3H3,(H,16,17)/b12-4+. The third-order valence-electron chi connectivity index (χ3n) is 3.86. The lowest BCUT2D eigenvalue weighted by Crippen LogP contribution is -2.48. The molecule has 0 radical (unpaired) electrons. The van der Waals surface area contributed by atoms with Crippen molar-refractivity contribution in [1.82, 2.24) is 4.90 Å². The second kappa shape index (κ2) is 6.90. The molecule has 104 valence electrons. The number of piperidine rings is 1. The Morgan fingerprint density at radius 1 is 1.56 bits per heavy atom. The Balaban J connectivity index is 2.70. The quantitative estimate of drug-likeness (QED) is 0.739.